The molecule has 2 heterocycles. The second-order valence-electron chi connectivity index (χ2n) is 9.42. The van der Waals surface area contributed by atoms with Gasteiger partial charge in [-0.05, 0) is 24.6 Å². The second-order valence-corrected chi connectivity index (χ2v) is 9.42. The summed E-state index contributed by atoms with van der Waals surface area (Å²) in [5, 5.41) is 0. The van der Waals surface area contributed by atoms with Gasteiger partial charge >= 0.3 is 6.18 Å². The maximum Gasteiger partial charge on any atom is 0.418 e. The van der Waals surface area contributed by atoms with Gasteiger partial charge in [-0.1, -0.05) is 66.2 Å². The lowest BCUT2D eigenvalue weighted by molar-refractivity contribution is -0.137. The average molecular weight is 505 g/mol. The lowest BCUT2D eigenvalue weighted by Crippen LogP contribution is -2.51. The molecule has 0 saturated carbocycles. The van der Waals surface area contributed by atoms with Crippen molar-refractivity contribution >= 4 is 29.1 Å². The van der Waals surface area contributed by atoms with Crippen LogP contribution in [0.4, 0.5) is 18.9 Å². The molecule has 2 fully saturated rings. The monoisotopic (exact) mass is 505 g/mol. The molecule has 3 aromatic rings. The first-order valence-corrected chi connectivity index (χ1v) is 11.5. The molecule has 1 aliphatic carbocycles. The smallest absolute Gasteiger partial charge is 0.349 e. The third-order valence-electron chi connectivity index (χ3n) is 7.38. The molecular weight excluding hydrogens is 487 g/mol. The summed E-state index contributed by atoms with van der Waals surface area (Å²) in [6.45, 7) is 1.84. The maximum absolute atomic E-state index is 13.9. The summed E-state index contributed by atoms with van der Waals surface area (Å²) >= 11 is 0. The summed E-state index contributed by atoms with van der Waals surface area (Å²) < 4.78 is 47.7. The van der Waals surface area contributed by atoms with E-state index in [0.717, 1.165) is 23.8 Å². The van der Waals surface area contributed by atoms with Crippen molar-refractivity contribution < 1.29 is 37.1 Å². The van der Waals surface area contributed by atoms with Gasteiger partial charge in [-0.3, -0.25) is 19.2 Å². The molecule has 3 atom stereocenters. The molecule has 0 radical (unpaired) electrons. The third kappa shape index (κ3) is 3.03. The number of alkyl halides is 3. The topological polar surface area (TPSA) is 80.8 Å². The van der Waals surface area contributed by atoms with Crippen LogP contribution in [0.25, 0.3) is 0 Å². The number of imide groups is 1. The van der Waals surface area contributed by atoms with Gasteiger partial charge < -0.3 is 4.74 Å². The number of nitrogens with zero attached hydrogens (tertiary/aromatic N) is 1. The minimum absolute atomic E-state index is 0.0465. The van der Waals surface area contributed by atoms with Gasteiger partial charge in [0.15, 0.2) is 0 Å². The number of rotatable bonds is 2. The van der Waals surface area contributed by atoms with Crippen LogP contribution in [0.1, 0.15) is 43.5 Å². The Morgan fingerprint density at radius 3 is 1.95 bits per heavy atom. The van der Waals surface area contributed by atoms with Crippen molar-refractivity contribution in [2.24, 2.45) is 11.8 Å². The van der Waals surface area contributed by atoms with E-state index in [1.807, 2.05) is 6.92 Å². The molecule has 6 rings (SSSR count). The Morgan fingerprint density at radius 2 is 1.35 bits per heavy atom. The predicted octanol–water partition coefficient (Wildman–Crippen LogP) is 4.71. The van der Waals surface area contributed by atoms with Crippen LogP contribution >= 0.6 is 0 Å². The van der Waals surface area contributed by atoms with Gasteiger partial charge in [0.05, 0.1) is 29.2 Å². The molecule has 1 spiro atoms. The van der Waals surface area contributed by atoms with Crippen LogP contribution < -0.4 is 4.90 Å². The molecule has 3 aliphatic rings. The van der Waals surface area contributed by atoms with Crippen LogP contribution in [0, 0.1) is 18.8 Å². The number of carbonyl (C=O) groups excluding carboxylic acids is 4. The van der Waals surface area contributed by atoms with Crippen LogP contribution in [0.15, 0.2) is 72.8 Å². The minimum atomic E-state index is -4.85. The van der Waals surface area contributed by atoms with E-state index < -0.39 is 64.3 Å². The number of Topliss-reactive ketones (excluding diaryl/α,β-unsaturated/α-hetero) is 2. The number of hydrogen-bond acceptors (Lipinski definition) is 5. The Hall–Kier alpha value is -4.11. The predicted molar refractivity (Wildman–Crippen MR) is 124 cm³/mol. The highest BCUT2D eigenvalue weighted by Gasteiger charge is 2.75. The summed E-state index contributed by atoms with van der Waals surface area (Å²) in [4.78, 5) is 55.6. The minimum Gasteiger partial charge on any atom is -0.349 e. The number of para-hydroxylation sites is 1. The molecule has 2 saturated heterocycles. The average Bonchev–Trinajstić information content (AvgIpc) is 3.44. The molecule has 0 aromatic heterocycles. The van der Waals surface area contributed by atoms with Crippen LogP contribution in [-0.2, 0) is 20.5 Å². The Labute approximate surface area is 208 Å². The molecule has 186 valence electrons. The number of carbonyl (C=O) groups is 4. The first kappa shape index (κ1) is 23.3. The lowest BCUT2D eigenvalue weighted by atomic mass is 9.77. The SMILES string of the molecule is Cc1ccc([C@@H]2OC3(C(=O)c4ccccc4C3=O)[C@@H]3C(=O)N(c4ccccc4C(F)(F)F)C(=O)[C@@H]32)cc1. The number of ketones is 2. The van der Waals surface area contributed by atoms with Crippen LogP contribution in [0.3, 0.4) is 0 Å². The number of benzene rings is 3. The Bertz CT molecular complexity index is 1480. The van der Waals surface area contributed by atoms with E-state index >= 15 is 0 Å². The summed E-state index contributed by atoms with van der Waals surface area (Å²) in [5.74, 6) is -6.57. The molecule has 9 heteroatoms. The van der Waals surface area contributed by atoms with Crippen LogP contribution in [0.5, 0.6) is 0 Å². The van der Waals surface area contributed by atoms with Crippen molar-refractivity contribution in [2.45, 2.75) is 24.8 Å². The highest BCUT2D eigenvalue weighted by atomic mass is 19.4. The fourth-order valence-electron chi connectivity index (χ4n) is 5.72. The van der Waals surface area contributed by atoms with Gasteiger partial charge in [-0.25, -0.2) is 4.90 Å². The molecule has 0 bridgehead atoms. The standard InChI is InChI=1S/C28H18F3NO5/c1-14-10-12-15(13-11-14)22-20-21(27(37-22)23(33)16-6-2-3-7-17(16)24(27)34)26(36)32(25(20)35)19-9-5-4-8-18(19)28(29,30)31/h2-13,20-22H,1H3/t20-,21-,22-/m0/s1. The molecular formula is C28H18F3NO5. The van der Waals surface area contributed by atoms with E-state index in [2.05, 4.69) is 0 Å². The van der Waals surface area contributed by atoms with E-state index in [1.54, 1.807) is 36.4 Å². The quantitative estimate of drug-likeness (QED) is 0.372. The first-order chi connectivity index (χ1) is 17.6. The highest BCUT2D eigenvalue weighted by Crippen LogP contribution is 2.58. The Morgan fingerprint density at radius 1 is 0.784 bits per heavy atom. The van der Waals surface area contributed by atoms with Crippen molar-refractivity contribution in [2.75, 3.05) is 4.90 Å². The number of ether oxygens (including phenoxy) is 1. The largest absolute Gasteiger partial charge is 0.418 e. The zero-order valence-corrected chi connectivity index (χ0v) is 19.3. The van der Waals surface area contributed by atoms with Gasteiger partial charge in [-0.2, -0.15) is 13.2 Å². The summed E-state index contributed by atoms with van der Waals surface area (Å²) in [7, 11) is 0. The van der Waals surface area contributed by atoms with Crippen LogP contribution in [0.2, 0.25) is 0 Å². The van der Waals surface area contributed by atoms with Crippen molar-refractivity contribution in [3.8, 4) is 0 Å². The number of fused-ring (bicyclic) bond motifs is 3. The first-order valence-electron chi connectivity index (χ1n) is 11.5. The highest BCUT2D eigenvalue weighted by molar-refractivity contribution is 6.37. The molecule has 6 nitrogen and oxygen atoms in total. The lowest BCUT2D eigenvalue weighted by Gasteiger charge is -2.28. The Balaban J connectivity index is 1.56. The summed E-state index contributed by atoms with van der Waals surface area (Å²) in [5.41, 5.74) is -2.75. The van der Waals surface area contributed by atoms with Gasteiger partial charge in [-0.15, -0.1) is 0 Å². The second kappa shape index (κ2) is 7.69. The van der Waals surface area contributed by atoms with E-state index in [1.165, 1.54) is 18.2 Å². The fourth-order valence-corrected chi connectivity index (χ4v) is 5.72. The molecule has 0 unspecified atom stereocenters. The number of halogens is 3. The van der Waals surface area contributed by atoms with Crippen LogP contribution in [-0.4, -0.2) is 29.0 Å². The van der Waals surface area contributed by atoms with Crippen molar-refractivity contribution in [3.05, 3.63) is 101 Å². The molecule has 3 aromatic carbocycles. The van der Waals surface area contributed by atoms with E-state index in [9.17, 15) is 32.3 Å². The van der Waals surface area contributed by atoms with E-state index in [4.69, 9.17) is 4.74 Å². The van der Waals surface area contributed by atoms with Gasteiger partial charge in [0, 0.05) is 11.1 Å². The van der Waals surface area contributed by atoms with Crippen molar-refractivity contribution in [3.63, 3.8) is 0 Å². The number of hydrogen-bond donors (Lipinski definition) is 0. The van der Waals surface area contributed by atoms with Gasteiger partial charge in [0.2, 0.25) is 29.0 Å². The maximum atomic E-state index is 13.9. The van der Waals surface area contributed by atoms with E-state index in [0.29, 0.717) is 10.5 Å². The van der Waals surface area contributed by atoms with Gasteiger partial charge in [0.1, 0.15) is 0 Å². The summed E-state index contributed by atoms with van der Waals surface area (Å²) in [6.07, 6.45) is -6.05. The zero-order chi connectivity index (χ0) is 26.3. The molecule has 2 amide bonds. The van der Waals surface area contributed by atoms with Crippen molar-refractivity contribution in [1.82, 2.24) is 0 Å². The molecule has 37 heavy (non-hydrogen) atoms. The van der Waals surface area contributed by atoms with E-state index in [-0.39, 0.29) is 11.1 Å². The Kier molecular flexibility index (Phi) is 4.84. The molecule has 2 aliphatic heterocycles. The molecule has 0 N–H and O–H groups in total. The van der Waals surface area contributed by atoms with Gasteiger partial charge in [0.25, 0.3) is 0 Å². The number of aryl methyl sites for hydroxylation is 1. The van der Waals surface area contributed by atoms with Crippen molar-refractivity contribution in [1.29, 1.82) is 0 Å². The third-order valence-corrected chi connectivity index (χ3v) is 7.38. The fraction of sp³-hybridized carbons (Fsp3) is 0.214. The normalized spacial score (nSPS) is 24.2. The zero-order valence-electron chi connectivity index (χ0n) is 19.3. The summed E-state index contributed by atoms with van der Waals surface area (Å²) in [6, 6.07) is 17.0. The number of anilines is 1. The number of amides is 2.